The molecule has 2 fully saturated rings. The Balaban J connectivity index is 1.07. The van der Waals surface area contributed by atoms with Crippen LogP contribution in [0.4, 0.5) is 13.2 Å². The summed E-state index contributed by atoms with van der Waals surface area (Å²) in [5.41, 5.74) is 2.83. The number of likely N-dealkylation sites (tertiary alicyclic amines) is 2. The van der Waals surface area contributed by atoms with Crippen LogP contribution in [0.3, 0.4) is 0 Å². The van der Waals surface area contributed by atoms with Gasteiger partial charge in [-0.2, -0.15) is 13.2 Å². The van der Waals surface area contributed by atoms with Crippen molar-refractivity contribution in [3.63, 3.8) is 0 Å². The van der Waals surface area contributed by atoms with Crippen molar-refractivity contribution in [2.24, 2.45) is 5.41 Å². The Bertz CT molecular complexity index is 1500. The molecular weight excluding hydrogens is 577 g/mol. The molecule has 0 bridgehead atoms. The van der Waals surface area contributed by atoms with Crippen molar-refractivity contribution in [2.45, 2.75) is 57.3 Å². The van der Waals surface area contributed by atoms with Crippen LogP contribution in [0.5, 0.6) is 0 Å². The number of benzene rings is 2. The lowest BCUT2D eigenvalue weighted by molar-refractivity contribution is -0.137. The molecule has 226 valence electrons. The average Bonchev–Trinajstić information content (AvgIpc) is 3.40. The summed E-state index contributed by atoms with van der Waals surface area (Å²) in [5.74, 6) is -0.690. The number of halogens is 4. The molecule has 3 aromatic rings. The lowest BCUT2D eigenvalue weighted by Crippen LogP contribution is -2.48. The van der Waals surface area contributed by atoms with Gasteiger partial charge in [0.1, 0.15) is 0 Å². The Hall–Kier alpha value is -3.43. The number of piperidine rings is 2. The molecule has 2 saturated heterocycles. The van der Waals surface area contributed by atoms with Crippen LogP contribution in [0.15, 0.2) is 60.9 Å². The fourth-order valence-corrected chi connectivity index (χ4v) is 7.00. The number of pyridine rings is 1. The van der Waals surface area contributed by atoms with Crippen LogP contribution in [-0.2, 0) is 19.1 Å². The van der Waals surface area contributed by atoms with Crippen molar-refractivity contribution in [3.05, 3.63) is 99.3 Å². The smallest absolute Gasteiger partial charge is 0.345 e. The molecular formula is C33H34ClF3N4O2. The van der Waals surface area contributed by atoms with Crippen molar-refractivity contribution in [1.29, 1.82) is 0 Å². The molecule has 1 unspecified atom stereocenters. The van der Waals surface area contributed by atoms with E-state index < -0.39 is 23.7 Å². The van der Waals surface area contributed by atoms with E-state index in [9.17, 15) is 22.8 Å². The van der Waals surface area contributed by atoms with E-state index >= 15 is 0 Å². The van der Waals surface area contributed by atoms with Crippen LogP contribution in [0.25, 0.3) is 0 Å². The molecule has 1 aliphatic carbocycles. The van der Waals surface area contributed by atoms with Gasteiger partial charge >= 0.3 is 6.18 Å². The molecule has 1 spiro atoms. The molecule has 3 aliphatic rings. The van der Waals surface area contributed by atoms with Gasteiger partial charge in [0.05, 0.1) is 22.2 Å². The van der Waals surface area contributed by atoms with E-state index in [2.05, 4.69) is 27.3 Å². The summed E-state index contributed by atoms with van der Waals surface area (Å²) in [7, 11) is 0. The van der Waals surface area contributed by atoms with E-state index in [1.54, 1.807) is 0 Å². The van der Waals surface area contributed by atoms with Crippen molar-refractivity contribution < 1.29 is 22.8 Å². The maximum absolute atomic E-state index is 13.6. The molecule has 2 aliphatic heterocycles. The van der Waals surface area contributed by atoms with E-state index in [1.807, 2.05) is 35.5 Å². The van der Waals surface area contributed by atoms with Crippen molar-refractivity contribution >= 4 is 23.4 Å². The normalized spacial score (nSPS) is 20.2. The molecule has 2 amide bonds. The summed E-state index contributed by atoms with van der Waals surface area (Å²) < 4.78 is 39.7. The predicted molar refractivity (Wildman–Crippen MR) is 158 cm³/mol. The number of aromatic nitrogens is 1. The number of aryl methyl sites for hydroxylation is 1. The zero-order valence-electron chi connectivity index (χ0n) is 23.8. The van der Waals surface area contributed by atoms with Gasteiger partial charge < -0.3 is 10.2 Å². The molecule has 10 heteroatoms. The molecule has 1 aromatic heterocycles. The second kappa shape index (κ2) is 11.9. The van der Waals surface area contributed by atoms with Gasteiger partial charge in [-0.3, -0.25) is 19.5 Å². The first-order valence-corrected chi connectivity index (χ1v) is 15.2. The maximum atomic E-state index is 13.6. The van der Waals surface area contributed by atoms with Crippen molar-refractivity contribution in [3.8, 4) is 0 Å². The Kier molecular flexibility index (Phi) is 8.22. The van der Waals surface area contributed by atoms with E-state index in [-0.39, 0.29) is 21.9 Å². The van der Waals surface area contributed by atoms with Crippen LogP contribution in [0.2, 0.25) is 5.02 Å². The number of alkyl halides is 3. The van der Waals surface area contributed by atoms with Gasteiger partial charge in [-0.05, 0) is 116 Å². The second-order valence-electron chi connectivity index (χ2n) is 12.1. The minimum atomic E-state index is -4.58. The molecule has 3 heterocycles. The molecule has 2 aromatic carbocycles. The third-order valence-electron chi connectivity index (χ3n) is 9.50. The number of carbonyl (C=O) groups excluding carboxylic acids is 2. The van der Waals surface area contributed by atoms with Crippen LogP contribution in [-0.4, -0.2) is 52.8 Å². The highest BCUT2D eigenvalue weighted by Crippen LogP contribution is 2.42. The van der Waals surface area contributed by atoms with Crippen LogP contribution in [0, 0.1) is 5.41 Å². The second-order valence-corrected chi connectivity index (χ2v) is 12.5. The third-order valence-corrected chi connectivity index (χ3v) is 9.83. The number of nitrogens with one attached hydrogen (secondary N) is 1. The first-order chi connectivity index (χ1) is 20.6. The first kappa shape index (κ1) is 29.6. The number of hydrogen-bond donors (Lipinski definition) is 1. The molecule has 6 nitrogen and oxygen atoms in total. The van der Waals surface area contributed by atoms with E-state index in [4.69, 9.17) is 11.6 Å². The quantitative estimate of drug-likeness (QED) is 0.350. The van der Waals surface area contributed by atoms with Gasteiger partial charge in [-0.15, -0.1) is 0 Å². The maximum Gasteiger partial charge on any atom is 0.416 e. The van der Waals surface area contributed by atoms with Gasteiger partial charge in [-0.25, -0.2) is 0 Å². The summed E-state index contributed by atoms with van der Waals surface area (Å²) in [4.78, 5) is 35.1. The topological polar surface area (TPSA) is 65.5 Å². The number of carbonyl (C=O) groups is 2. The monoisotopic (exact) mass is 610 g/mol. The van der Waals surface area contributed by atoms with Crippen LogP contribution < -0.4 is 5.32 Å². The fourth-order valence-electron chi connectivity index (χ4n) is 6.80. The molecule has 0 saturated carbocycles. The van der Waals surface area contributed by atoms with E-state index in [0.717, 1.165) is 74.6 Å². The summed E-state index contributed by atoms with van der Waals surface area (Å²) in [6.45, 7) is 4.48. The lowest BCUT2D eigenvalue weighted by Gasteiger charge is -2.47. The Labute approximate surface area is 254 Å². The summed E-state index contributed by atoms with van der Waals surface area (Å²) in [6, 6.07) is 12.1. The van der Waals surface area contributed by atoms with Crippen LogP contribution in [0.1, 0.15) is 81.1 Å². The number of rotatable bonds is 5. The summed E-state index contributed by atoms with van der Waals surface area (Å²) in [5, 5.41) is 2.81. The zero-order chi connectivity index (χ0) is 30.2. The highest BCUT2D eigenvalue weighted by molar-refractivity contribution is 6.33. The first-order valence-electron chi connectivity index (χ1n) is 14.8. The molecule has 0 radical (unpaired) electrons. The number of hydrogen-bond acceptors (Lipinski definition) is 4. The Morgan fingerprint density at radius 1 is 0.953 bits per heavy atom. The van der Waals surface area contributed by atoms with Gasteiger partial charge in [0.25, 0.3) is 11.8 Å². The van der Waals surface area contributed by atoms with E-state index in [0.29, 0.717) is 31.5 Å². The van der Waals surface area contributed by atoms with Gasteiger partial charge in [-0.1, -0.05) is 17.7 Å². The summed E-state index contributed by atoms with van der Waals surface area (Å²) >= 11 is 6.09. The van der Waals surface area contributed by atoms with Gasteiger partial charge in [0.15, 0.2) is 0 Å². The number of nitrogens with zero attached hydrogens (tertiary/aromatic N) is 3. The van der Waals surface area contributed by atoms with Crippen molar-refractivity contribution in [1.82, 2.24) is 20.1 Å². The highest BCUT2D eigenvalue weighted by atomic mass is 35.5. The zero-order valence-corrected chi connectivity index (χ0v) is 24.6. The van der Waals surface area contributed by atoms with E-state index in [1.165, 1.54) is 5.56 Å². The van der Waals surface area contributed by atoms with Gasteiger partial charge in [0, 0.05) is 37.6 Å². The van der Waals surface area contributed by atoms with Crippen LogP contribution >= 0.6 is 11.6 Å². The Morgan fingerprint density at radius 3 is 2.35 bits per heavy atom. The fraction of sp³-hybridized carbons (Fsp3) is 0.424. The third kappa shape index (κ3) is 6.43. The molecule has 43 heavy (non-hydrogen) atoms. The Morgan fingerprint density at radius 2 is 1.65 bits per heavy atom. The standard InChI is InChI=1S/C33H34ClF3N4O2/c34-28-5-4-25(33(35,36)37)20-27(28)30(42)39-29-6-3-23-1-2-24(19-26(23)29)31(43)41-17-11-32(12-18-41)9-15-40(16-10-32)21-22-7-13-38-14-8-22/h1-2,4-5,7-8,13-14,19-20,29H,3,6,9-12,15-18,21H2,(H,39,42). The SMILES string of the molecule is O=C(NC1CCc2ccc(C(=O)N3CCC4(CCN(Cc5ccncc5)CC4)CC3)cc21)c1cc(C(F)(F)F)ccc1Cl. The van der Waals surface area contributed by atoms with Crippen molar-refractivity contribution in [2.75, 3.05) is 26.2 Å². The highest BCUT2D eigenvalue weighted by Gasteiger charge is 2.39. The molecule has 1 N–H and O–H groups in total. The average molecular weight is 611 g/mol. The molecule has 6 rings (SSSR count). The van der Waals surface area contributed by atoms with Gasteiger partial charge in [0.2, 0.25) is 0 Å². The lowest BCUT2D eigenvalue weighted by atomic mass is 9.71. The minimum absolute atomic E-state index is 0.0225. The minimum Gasteiger partial charge on any atom is -0.345 e. The molecule has 1 atom stereocenters. The number of fused-ring (bicyclic) bond motifs is 1. The summed E-state index contributed by atoms with van der Waals surface area (Å²) in [6.07, 6.45) is 4.64. The number of amides is 2. The largest absolute Gasteiger partial charge is 0.416 e. The predicted octanol–water partition coefficient (Wildman–Crippen LogP) is 6.69.